The van der Waals surface area contributed by atoms with Crippen LogP contribution in [0.1, 0.15) is 117 Å². The predicted molar refractivity (Wildman–Crippen MR) is 239 cm³/mol. The summed E-state index contributed by atoms with van der Waals surface area (Å²) in [5.74, 6) is -0.889. The topological polar surface area (TPSA) is 195 Å². The van der Waals surface area contributed by atoms with Gasteiger partial charge in [-0.05, 0) is 110 Å². The minimum absolute atomic E-state index is 0.0403. The summed E-state index contributed by atoms with van der Waals surface area (Å²) in [6.07, 6.45) is 10.0. The van der Waals surface area contributed by atoms with Gasteiger partial charge < -0.3 is 34.5 Å². The molecule has 2 saturated heterocycles. The number of benzene rings is 1. The van der Waals surface area contributed by atoms with Crippen molar-refractivity contribution in [2.24, 2.45) is 5.92 Å². The van der Waals surface area contributed by atoms with E-state index in [1.807, 2.05) is 37.3 Å². The first-order chi connectivity index (χ1) is 30.4. The monoisotopic (exact) mass is 906 g/mol. The summed E-state index contributed by atoms with van der Waals surface area (Å²) < 4.78 is 52.3. The molecular formula is C47H66N6O10S. The van der Waals surface area contributed by atoms with Crippen LogP contribution in [0.2, 0.25) is 0 Å². The number of morpholine rings is 1. The third-order valence-corrected chi connectivity index (χ3v) is 16.0. The second-order valence-corrected chi connectivity index (χ2v) is 22.1. The molecule has 1 aromatic heterocycles. The van der Waals surface area contributed by atoms with Gasteiger partial charge in [-0.15, -0.1) is 0 Å². The Labute approximate surface area is 377 Å². The van der Waals surface area contributed by atoms with Crippen LogP contribution in [0.25, 0.3) is 10.9 Å². The quantitative estimate of drug-likeness (QED) is 0.217. The highest BCUT2D eigenvalue weighted by atomic mass is 32.2. The highest BCUT2D eigenvalue weighted by Gasteiger charge is 2.64. The Kier molecular flexibility index (Phi) is 13.0. The van der Waals surface area contributed by atoms with Gasteiger partial charge >= 0.3 is 6.09 Å². The highest BCUT2D eigenvalue weighted by molar-refractivity contribution is 7.91. The zero-order chi connectivity index (χ0) is 45.5. The Hall–Kier alpha value is -4.48. The fourth-order valence-electron chi connectivity index (χ4n) is 9.66. The number of fused-ring (bicyclic) bond motifs is 5. The zero-order valence-corrected chi connectivity index (χ0v) is 38.9. The standard InChI is InChI=1S/C47H66N6O10S/c1-6-35-39-33(34-27-32(15-16-36(34)48-35)61-24-12-21-52-22-25-60-26-23-52)17-18-46(62-39)29-38-40(54)50-47(42(56)51-64(58,59)45(5)19-20-45)28-31(47)13-10-8-7-9-11-14-37(41(55)53(38)30-46)49-43(57)63-44(2,3)4/h10,13,15-16,27,31,37-38H,6-9,11-12,14,17-26,28-30H2,1-5H3,(H,49,57)(H,50,54)(H,51,56)/b13-10-/t31-,37+,38+,46-,47-/m1/s1. The molecule has 5 atom stereocenters. The minimum Gasteiger partial charge on any atom is -0.494 e. The number of rotatable bonds is 10. The Morgan fingerprint density at radius 3 is 2.58 bits per heavy atom. The van der Waals surface area contributed by atoms with Crippen molar-refractivity contribution in [1.29, 1.82) is 0 Å². The van der Waals surface area contributed by atoms with Crippen molar-refractivity contribution < 1.29 is 46.5 Å². The molecule has 64 heavy (non-hydrogen) atoms. The van der Waals surface area contributed by atoms with Crippen LogP contribution >= 0.6 is 0 Å². The molecule has 0 bridgehead atoms. The molecule has 1 spiro atoms. The van der Waals surface area contributed by atoms with Gasteiger partial charge in [0.25, 0.3) is 5.91 Å². The molecule has 4 fully saturated rings. The maximum absolute atomic E-state index is 14.9. The van der Waals surface area contributed by atoms with Crippen molar-refractivity contribution in [3.63, 3.8) is 0 Å². The lowest BCUT2D eigenvalue weighted by Gasteiger charge is -2.37. The summed E-state index contributed by atoms with van der Waals surface area (Å²) in [6, 6.07) is 3.84. The van der Waals surface area contributed by atoms with E-state index in [2.05, 4.69) is 20.3 Å². The molecule has 350 valence electrons. The molecular weight excluding hydrogens is 841 g/mol. The van der Waals surface area contributed by atoms with Crippen LogP contribution in [0.4, 0.5) is 4.79 Å². The molecule has 2 saturated carbocycles. The second-order valence-electron chi connectivity index (χ2n) is 19.9. The first kappa shape index (κ1) is 46.1. The number of nitrogens with one attached hydrogen (secondary N) is 3. The largest absolute Gasteiger partial charge is 0.494 e. The first-order valence-electron chi connectivity index (χ1n) is 23.4. The van der Waals surface area contributed by atoms with E-state index >= 15 is 0 Å². The maximum Gasteiger partial charge on any atom is 0.408 e. The van der Waals surface area contributed by atoms with Gasteiger partial charge in [-0.2, -0.15) is 0 Å². The van der Waals surface area contributed by atoms with Crippen molar-refractivity contribution in [1.82, 2.24) is 30.1 Å². The molecule has 4 amide bonds. The van der Waals surface area contributed by atoms with Gasteiger partial charge in [0.15, 0.2) is 0 Å². The van der Waals surface area contributed by atoms with E-state index in [1.165, 1.54) is 4.90 Å². The van der Waals surface area contributed by atoms with E-state index in [1.54, 1.807) is 27.7 Å². The van der Waals surface area contributed by atoms with E-state index in [0.717, 1.165) is 80.0 Å². The lowest BCUT2D eigenvalue weighted by Crippen LogP contribution is -2.58. The molecule has 8 rings (SSSR count). The normalized spacial score (nSPS) is 28.9. The number of sulfonamides is 1. The van der Waals surface area contributed by atoms with Crippen molar-refractivity contribution in [3.8, 4) is 11.5 Å². The number of hydrogen-bond donors (Lipinski definition) is 3. The van der Waals surface area contributed by atoms with Crippen LogP contribution in [0, 0.1) is 5.92 Å². The number of nitrogens with zero attached hydrogens (tertiary/aromatic N) is 3. The molecule has 2 aliphatic carbocycles. The van der Waals surface area contributed by atoms with E-state index in [0.29, 0.717) is 63.7 Å². The Morgan fingerprint density at radius 2 is 1.84 bits per heavy atom. The van der Waals surface area contributed by atoms with E-state index in [-0.39, 0.29) is 19.4 Å². The average molecular weight is 907 g/mol. The summed E-state index contributed by atoms with van der Waals surface area (Å²) in [4.78, 5) is 66.0. The number of aromatic nitrogens is 1. The Balaban J connectivity index is 1.09. The number of allylic oxidation sites excluding steroid dienone is 1. The SMILES string of the molecule is CCc1nc2ccc(OCCCN3CCOCC3)cc2c2c1O[C@]1(CC2)C[C@H]2C(=O)N[C@]3(C(=O)NS(=O)(=O)C4(C)CC4)C[C@H]3/C=C\CCCCC[C@H](NC(=O)OC(C)(C)C)C(=O)N2C1. The number of pyridine rings is 1. The van der Waals surface area contributed by atoms with Crippen LogP contribution in [0.3, 0.4) is 0 Å². The smallest absolute Gasteiger partial charge is 0.408 e. The first-order valence-corrected chi connectivity index (χ1v) is 24.8. The summed E-state index contributed by atoms with van der Waals surface area (Å²) in [5, 5.41) is 6.72. The molecule has 3 N–H and O–H groups in total. The van der Waals surface area contributed by atoms with Gasteiger partial charge in [-0.1, -0.05) is 31.9 Å². The number of amides is 4. The van der Waals surface area contributed by atoms with E-state index in [4.69, 9.17) is 23.9 Å². The fraction of sp³-hybridized carbons (Fsp3) is 0.681. The third kappa shape index (κ3) is 9.86. The van der Waals surface area contributed by atoms with Crippen LogP contribution in [0.15, 0.2) is 30.4 Å². The molecule has 0 unspecified atom stereocenters. The van der Waals surface area contributed by atoms with Gasteiger partial charge in [0.1, 0.15) is 40.3 Å². The molecule has 6 aliphatic rings. The minimum atomic E-state index is -4.01. The number of carbonyl (C=O) groups is 4. The highest BCUT2D eigenvalue weighted by Crippen LogP contribution is 2.49. The number of aryl methyl sites for hydroxylation is 2. The summed E-state index contributed by atoms with van der Waals surface area (Å²) in [6.45, 7) is 13.8. The van der Waals surface area contributed by atoms with Gasteiger partial charge in [0.05, 0.1) is 42.3 Å². The lowest BCUT2D eigenvalue weighted by atomic mass is 9.87. The van der Waals surface area contributed by atoms with Gasteiger partial charge in [-0.3, -0.25) is 24.0 Å². The summed E-state index contributed by atoms with van der Waals surface area (Å²) in [7, 11) is -4.01. The Bertz CT molecular complexity index is 2270. The summed E-state index contributed by atoms with van der Waals surface area (Å²) >= 11 is 0. The van der Waals surface area contributed by atoms with Crippen LogP contribution in [-0.2, 0) is 46.7 Å². The predicted octanol–water partition coefficient (Wildman–Crippen LogP) is 4.85. The number of ether oxygens (including phenoxy) is 4. The van der Waals surface area contributed by atoms with Crippen LogP contribution < -0.4 is 24.8 Å². The third-order valence-electron chi connectivity index (χ3n) is 13.9. The van der Waals surface area contributed by atoms with Crippen molar-refractivity contribution in [3.05, 3.63) is 41.6 Å². The summed E-state index contributed by atoms with van der Waals surface area (Å²) in [5.41, 5.74) is -0.764. The molecule has 0 radical (unpaired) electrons. The fourth-order valence-corrected chi connectivity index (χ4v) is 11.0. The molecule has 2 aromatic rings. The van der Waals surface area contributed by atoms with Crippen LogP contribution in [0.5, 0.6) is 11.5 Å². The molecule has 16 nitrogen and oxygen atoms in total. The molecule has 5 heterocycles. The Morgan fingerprint density at radius 1 is 1.06 bits per heavy atom. The number of hydrogen-bond acceptors (Lipinski definition) is 12. The molecule has 1 aromatic carbocycles. The lowest BCUT2D eigenvalue weighted by molar-refractivity contribution is -0.141. The van der Waals surface area contributed by atoms with Crippen molar-refractivity contribution in [2.45, 2.75) is 152 Å². The van der Waals surface area contributed by atoms with E-state index < -0.39 is 73.3 Å². The van der Waals surface area contributed by atoms with Gasteiger partial charge in [-0.25, -0.2) is 18.2 Å². The second kappa shape index (κ2) is 18.1. The molecule has 17 heteroatoms. The van der Waals surface area contributed by atoms with Gasteiger partial charge in [0.2, 0.25) is 21.8 Å². The average Bonchev–Trinajstić information content (AvgIpc) is 4.15. The molecule has 4 aliphatic heterocycles. The van der Waals surface area contributed by atoms with E-state index in [9.17, 15) is 27.6 Å². The van der Waals surface area contributed by atoms with Crippen molar-refractivity contribution in [2.75, 3.05) is 46.0 Å². The maximum atomic E-state index is 14.9. The zero-order valence-electron chi connectivity index (χ0n) is 38.1. The van der Waals surface area contributed by atoms with Crippen molar-refractivity contribution >= 4 is 44.7 Å². The van der Waals surface area contributed by atoms with Gasteiger partial charge in [0, 0.05) is 42.9 Å². The number of alkyl carbamates (subject to hydrolysis) is 1. The number of carbonyl (C=O) groups excluding carboxylic acids is 4. The van der Waals surface area contributed by atoms with Crippen LogP contribution in [-0.4, -0.2) is 127 Å².